The average molecular weight is 211 g/mol. The summed E-state index contributed by atoms with van der Waals surface area (Å²) in [4.78, 5) is 0. The third-order valence-corrected chi connectivity index (χ3v) is 2.59. The fourth-order valence-electron chi connectivity index (χ4n) is 1.43. The van der Waals surface area contributed by atoms with Crippen molar-refractivity contribution in [2.24, 2.45) is 5.92 Å². The first kappa shape index (κ1) is 10.6. The molecule has 0 amide bonds. The van der Waals surface area contributed by atoms with Gasteiger partial charge in [-0.2, -0.15) is 13.2 Å². The van der Waals surface area contributed by atoms with Crippen molar-refractivity contribution in [3.8, 4) is 0 Å². The van der Waals surface area contributed by atoms with E-state index in [0.717, 1.165) is 11.6 Å². The molecule has 0 aromatic carbocycles. The Bertz CT molecular complexity index is 273. The molecule has 4 heteroatoms. The lowest BCUT2D eigenvalue weighted by Crippen LogP contribution is -2.17. The van der Waals surface area contributed by atoms with Gasteiger partial charge in [0.15, 0.2) is 0 Å². The maximum atomic E-state index is 12.4. The van der Waals surface area contributed by atoms with Crippen LogP contribution in [0.5, 0.6) is 0 Å². The second kappa shape index (κ2) is 3.37. The number of halogens is 4. The van der Waals surface area contributed by atoms with Crippen molar-refractivity contribution in [2.45, 2.75) is 26.4 Å². The van der Waals surface area contributed by atoms with Gasteiger partial charge in [0, 0.05) is 5.03 Å². The minimum Gasteiger partial charge on any atom is -0.166 e. The van der Waals surface area contributed by atoms with Crippen LogP contribution in [0.15, 0.2) is 22.3 Å². The maximum Gasteiger partial charge on any atom is 0.417 e. The highest BCUT2D eigenvalue weighted by molar-refractivity contribution is 6.30. The van der Waals surface area contributed by atoms with Gasteiger partial charge in [0.2, 0.25) is 0 Å². The minimum atomic E-state index is -4.33. The Morgan fingerprint density at radius 1 is 1.46 bits per heavy atom. The first-order chi connectivity index (χ1) is 5.82. The number of allylic oxidation sites excluding steroid dienone is 4. The molecule has 0 saturated heterocycles. The fraction of sp³-hybridized carbons (Fsp3) is 0.556. The van der Waals surface area contributed by atoms with Crippen LogP contribution in [-0.2, 0) is 0 Å². The molecule has 0 nitrogen and oxygen atoms in total. The zero-order valence-electron chi connectivity index (χ0n) is 7.37. The van der Waals surface area contributed by atoms with Gasteiger partial charge in [0.1, 0.15) is 0 Å². The molecule has 1 aliphatic rings. The molecule has 1 aliphatic carbocycles. The molecule has 1 unspecified atom stereocenters. The van der Waals surface area contributed by atoms with Crippen LogP contribution in [0.4, 0.5) is 13.2 Å². The zero-order chi connectivity index (χ0) is 10.2. The van der Waals surface area contributed by atoms with Crippen LogP contribution in [0.2, 0.25) is 0 Å². The van der Waals surface area contributed by atoms with Crippen molar-refractivity contribution in [1.29, 1.82) is 0 Å². The van der Waals surface area contributed by atoms with E-state index in [4.69, 9.17) is 11.6 Å². The SMILES string of the molecule is CC1=CC(C(F)(F)F)=C(Cl)C(C)C1. The highest BCUT2D eigenvalue weighted by atomic mass is 35.5. The Morgan fingerprint density at radius 3 is 2.46 bits per heavy atom. The van der Waals surface area contributed by atoms with Crippen molar-refractivity contribution < 1.29 is 13.2 Å². The van der Waals surface area contributed by atoms with E-state index < -0.39 is 11.7 Å². The fourth-order valence-corrected chi connectivity index (χ4v) is 1.67. The number of alkyl halides is 3. The Hall–Kier alpha value is -0.440. The van der Waals surface area contributed by atoms with Gasteiger partial charge in [-0.3, -0.25) is 0 Å². The number of hydrogen-bond donors (Lipinski definition) is 0. The van der Waals surface area contributed by atoms with E-state index in [0.29, 0.717) is 6.42 Å². The predicted molar refractivity (Wildman–Crippen MR) is 46.5 cm³/mol. The molecule has 0 fully saturated rings. The molecular weight excluding hydrogens is 201 g/mol. The van der Waals surface area contributed by atoms with Crippen LogP contribution < -0.4 is 0 Å². The lowest BCUT2D eigenvalue weighted by molar-refractivity contribution is -0.0893. The normalized spacial score (nSPS) is 24.8. The summed E-state index contributed by atoms with van der Waals surface area (Å²) in [6.07, 6.45) is -2.59. The highest BCUT2D eigenvalue weighted by Crippen LogP contribution is 2.39. The average Bonchev–Trinajstić information content (AvgIpc) is 1.94. The third-order valence-electron chi connectivity index (χ3n) is 2.01. The first-order valence-corrected chi connectivity index (χ1v) is 4.34. The summed E-state index contributed by atoms with van der Waals surface area (Å²) in [5, 5.41) is -0.0712. The van der Waals surface area contributed by atoms with Crippen LogP contribution >= 0.6 is 11.6 Å². The molecule has 0 aliphatic heterocycles. The van der Waals surface area contributed by atoms with E-state index in [2.05, 4.69) is 0 Å². The zero-order valence-corrected chi connectivity index (χ0v) is 8.13. The van der Waals surface area contributed by atoms with E-state index >= 15 is 0 Å². The van der Waals surface area contributed by atoms with Crippen LogP contribution in [0, 0.1) is 5.92 Å². The van der Waals surface area contributed by atoms with Crippen molar-refractivity contribution in [1.82, 2.24) is 0 Å². The predicted octanol–water partition coefficient (Wildman–Crippen LogP) is 4.03. The molecule has 0 saturated carbocycles. The molecule has 13 heavy (non-hydrogen) atoms. The van der Waals surface area contributed by atoms with E-state index in [1.54, 1.807) is 13.8 Å². The summed E-state index contributed by atoms with van der Waals surface area (Å²) in [5.74, 6) is -0.219. The van der Waals surface area contributed by atoms with Crippen LogP contribution in [0.1, 0.15) is 20.3 Å². The van der Waals surface area contributed by atoms with E-state index in [1.807, 2.05) is 0 Å². The molecule has 0 spiro atoms. The molecule has 1 rings (SSSR count). The molecule has 0 bridgehead atoms. The largest absolute Gasteiger partial charge is 0.417 e. The van der Waals surface area contributed by atoms with Gasteiger partial charge in [-0.15, -0.1) is 0 Å². The van der Waals surface area contributed by atoms with Crippen LogP contribution in [0.25, 0.3) is 0 Å². The standard InChI is InChI=1S/C9H10ClF3/c1-5-3-6(2)8(10)7(4-5)9(11,12)13/h4,6H,3H2,1-2H3. The highest BCUT2D eigenvalue weighted by Gasteiger charge is 2.37. The smallest absolute Gasteiger partial charge is 0.166 e. The van der Waals surface area contributed by atoms with E-state index in [9.17, 15) is 13.2 Å². The molecule has 0 aromatic rings. The second-order valence-electron chi connectivity index (χ2n) is 3.36. The van der Waals surface area contributed by atoms with Crippen LogP contribution in [0.3, 0.4) is 0 Å². The minimum absolute atomic E-state index is 0.0712. The third kappa shape index (κ3) is 2.27. The van der Waals surface area contributed by atoms with Gasteiger partial charge in [-0.25, -0.2) is 0 Å². The van der Waals surface area contributed by atoms with Crippen molar-refractivity contribution in [3.63, 3.8) is 0 Å². The molecule has 0 aromatic heterocycles. The van der Waals surface area contributed by atoms with Crippen molar-refractivity contribution in [3.05, 3.63) is 22.3 Å². The van der Waals surface area contributed by atoms with Gasteiger partial charge in [0.05, 0.1) is 5.57 Å². The second-order valence-corrected chi connectivity index (χ2v) is 3.76. The van der Waals surface area contributed by atoms with Gasteiger partial charge in [-0.05, 0) is 25.3 Å². The maximum absolute atomic E-state index is 12.4. The summed E-state index contributed by atoms with van der Waals surface area (Å²) in [7, 11) is 0. The first-order valence-electron chi connectivity index (χ1n) is 3.96. The number of rotatable bonds is 0. The Labute approximate surface area is 80.1 Å². The molecular formula is C9H10ClF3. The monoisotopic (exact) mass is 210 g/mol. The Kier molecular flexibility index (Phi) is 2.76. The van der Waals surface area contributed by atoms with E-state index in [1.165, 1.54) is 0 Å². The van der Waals surface area contributed by atoms with E-state index in [-0.39, 0.29) is 11.0 Å². The van der Waals surface area contributed by atoms with Crippen molar-refractivity contribution in [2.75, 3.05) is 0 Å². The Morgan fingerprint density at radius 2 is 2.00 bits per heavy atom. The number of hydrogen-bond acceptors (Lipinski definition) is 0. The molecule has 74 valence electrons. The summed E-state index contributed by atoms with van der Waals surface area (Å²) in [6, 6.07) is 0. The molecule has 0 heterocycles. The molecule has 0 N–H and O–H groups in total. The van der Waals surface area contributed by atoms with Gasteiger partial charge in [-0.1, -0.05) is 24.1 Å². The molecule has 1 atom stereocenters. The van der Waals surface area contributed by atoms with Crippen LogP contribution in [-0.4, -0.2) is 6.18 Å². The summed E-state index contributed by atoms with van der Waals surface area (Å²) in [5.41, 5.74) is 0.0367. The summed E-state index contributed by atoms with van der Waals surface area (Å²) < 4.78 is 37.1. The summed E-state index contributed by atoms with van der Waals surface area (Å²) >= 11 is 5.60. The van der Waals surface area contributed by atoms with Gasteiger partial charge < -0.3 is 0 Å². The topological polar surface area (TPSA) is 0 Å². The Balaban J connectivity index is 3.12. The quantitative estimate of drug-likeness (QED) is 0.566. The molecule has 0 radical (unpaired) electrons. The lowest BCUT2D eigenvalue weighted by Gasteiger charge is -2.21. The summed E-state index contributed by atoms with van der Waals surface area (Å²) in [6.45, 7) is 3.39. The lowest BCUT2D eigenvalue weighted by atomic mass is 9.92. The van der Waals surface area contributed by atoms with Gasteiger partial charge in [0.25, 0.3) is 0 Å². The van der Waals surface area contributed by atoms with Crippen molar-refractivity contribution >= 4 is 11.6 Å². The van der Waals surface area contributed by atoms with Gasteiger partial charge >= 0.3 is 6.18 Å².